The van der Waals surface area contributed by atoms with Gasteiger partial charge in [-0.3, -0.25) is 0 Å². The molecule has 1 aromatic heterocycles. The highest BCUT2D eigenvalue weighted by Crippen LogP contribution is 2.23. The van der Waals surface area contributed by atoms with Crippen LogP contribution in [-0.4, -0.2) is 57.9 Å². The second-order valence-corrected chi connectivity index (χ2v) is 7.42. The maximum Gasteiger partial charge on any atom is 0.243 e. The number of rotatable bonds is 4. The van der Waals surface area contributed by atoms with E-state index in [1.165, 1.54) is 11.3 Å². The molecule has 102 valence electrons. The van der Waals surface area contributed by atoms with Crippen LogP contribution in [0.25, 0.3) is 0 Å². The molecule has 0 unspecified atom stereocenters. The fourth-order valence-electron chi connectivity index (χ4n) is 1.94. The quantitative estimate of drug-likeness (QED) is 0.872. The second-order valence-electron chi connectivity index (χ2n) is 4.49. The van der Waals surface area contributed by atoms with E-state index in [9.17, 15) is 8.42 Å². The van der Waals surface area contributed by atoms with Gasteiger partial charge in [0.1, 0.15) is 0 Å². The molecular weight excluding hydrogens is 270 g/mol. The molecule has 0 atom stereocenters. The lowest BCUT2D eigenvalue weighted by Gasteiger charge is -2.31. The van der Waals surface area contributed by atoms with Gasteiger partial charge >= 0.3 is 0 Å². The van der Waals surface area contributed by atoms with Crippen LogP contribution < -0.4 is 5.32 Å². The van der Waals surface area contributed by atoms with Gasteiger partial charge in [-0.15, -0.1) is 11.3 Å². The minimum absolute atomic E-state index is 0.433. The number of nitrogens with one attached hydrogen (secondary N) is 1. The van der Waals surface area contributed by atoms with Crippen LogP contribution >= 0.6 is 11.3 Å². The van der Waals surface area contributed by atoms with E-state index in [-0.39, 0.29) is 0 Å². The Bertz CT molecular complexity index is 490. The summed E-state index contributed by atoms with van der Waals surface area (Å²) in [4.78, 5) is 3.62. The minimum atomic E-state index is -3.29. The average Bonchev–Trinajstić information content (AvgIpc) is 2.79. The number of sulfonamides is 1. The van der Waals surface area contributed by atoms with Gasteiger partial charge in [0.15, 0.2) is 0 Å². The van der Waals surface area contributed by atoms with E-state index in [1.54, 1.807) is 15.8 Å². The van der Waals surface area contributed by atoms with Gasteiger partial charge in [0, 0.05) is 43.0 Å². The van der Waals surface area contributed by atoms with Crippen molar-refractivity contribution in [3.05, 3.63) is 16.3 Å². The average molecular weight is 289 g/mol. The summed E-state index contributed by atoms with van der Waals surface area (Å²) >= 11 is 1.49. The zero-order chi connectivity index (χ0) is 13.2. The van der Waals surface area contributed by atoms with Crippen LogP contribution in [-0.2, 0) is 16.6 Å². The predicted octanol–water partition coefficient (Wildman–Crippen LogP) is 0.404. The summed E-state index contributed by atoms with van der Waals surface area (Å²) < 4.78 is 26.4. The smallest absolute Gasteiger partial charge is 0.243 e. The maximum atomic E-state index is 12.4. The molecule has 1 N–H and O–H groups in total. The Hall–Kier alpha value is -0.470. The van der Waals surface area contributed by atoms with E-state index < -0.39 is 10.0 Å². The Morgan fingerprint density at radius 2 is 2.00 bits per heavy atom. The molecule has 0 radical (unpaired) electrons. The Labute approximate surface area is 112 Å². The third kappa shape index (κ3) is 2.92. The number of hydrogen-bond acceptors (Lipinski definition) is 5. The highest BCUT2D eigenvalue weighted by molar-refractivity contribution is 7.89. The van der Waals surface area contributed by atoms with Crippen molar-refractivity contribution < 1.29 is 8.42 Å². The number of thiophene rings is 1. The van der Waals surface area contributed by atoms with Crippen molar-refractivity contribution in [1.29, 1.82) is 0 Å². The van der Waals surface area contributed by atoms with Gasteiger partial charge in [-0.25, -0.2) is 8.42 Å². The van der Waals surface area contributed by atoms with Gasteiger partial charge < -0.3 is 10.2 Å². The first-order valence-electron chi connectivity index (χ1n) is 5.95. The molecule has 0 spiro atoms. The molecule has 0 bridgehead atoms. The first-order chi connectivity index (χ1) is 8.54. The van der Waals surface area contributed by atoms with Crippen molar-refractivity contribution in [1.82, 2.24) is 14.5 Å². The number of piperazine rings is 1. The maximum absolute atomic E-state index is 12.4. The van der Waals surface area contributed by atoms with Crippen LogP contribution in [0.5, 0.6) is 0 Å². The molecule has 2 heterocycles. The zero-order valence-electron chi connectivity index (χ0n) is 10.7. The molecule has 0 saturated carbocycles. The summed E-state index contributed by atoms with van der Waals surface area (Å²) in [6.45, 7) is 3.47. The Kier molecular flexibility index (Phi) is 4.39. The van der Waals surface area contributed by atoms with Crippen LogP contribution in [0.1, 0.15) is 4.88 Å². The van der Waals surface area contributed by atoms with E-state index in [0.717, 1.165) is 18.0 Å². The molecule has 0 aliphatic carbocycles. The summed E-state index contributed by atoms with van der Waals surface area (Å²) in [5.74, 6) is 0. The van der Waals surface area contributed by atoms with Gasteiger partial charge in [0.2, 0.25) is 10.0 Å². The Balaban J connectivity index is 2.14. The fourth-order valence-corrected chi connectivity index (χ4v) is 4.64. The van der Waals surface area contributed by atoms with E-state index in [0.29, 0.717) is 24.5 Å². The third-order valence-electron chi connectivity index (χ3n) is 3.08. The predicted molar refractivity (Wildman–Crippen MR) is 73.3 cm³/mol. The van der Waals surface area contributed by atoms with Crippen molar-refractivity contribution >= 4 is 21.4 Å². The van der Waals surface area contributed by atoms with E-state index >= 15 is 0 Å². The lowest BCUT2D eigenvalue weighted by Crippen LogP contribution is -2.46. The topological polar surface area (TPSA) is 52.7 Å². The van der Waals surface area contributed by atoms with Crippen molar-refractivity contribution in [2.45, 2.75) is 11.4 Å². The van der Waals surface area contributed by atoms with Crippen LogP contribution in [0.3, 0.4) is 0 Å². The standard InChI is InChI=1S/C11H19N3O2S2/c1-12-8-10-7-11(9-17-10)18(15,16)14-5-3-13(2)4-6-14/h7,9,12H,3-6,8H2,1-2H3. The van der Waals surface area contributed by atoms with Crippen molar-refractivity contribution in [3.63, 3.8) is 0 Å². The molecule has 0 aromatic carbocycles. The number of likely N-dealkylation sites (N-methyl/N-ethyl adjacent to an activating group) is 1. The van der Waals surface area contributed by atoms with E-state index in [4.69, 9.17) is 0 Å². The van der Waals surface area contributed by atoms with Gasteiger partial charge in [-0.05, 0) is 20.2 Å². The molecule has 7 heteroatoms. The van der Waals surface area contributed by atoms with Crippen LogP contribution in [0, 0.1) is 0 Å². The van der Waals surface area contributed by atoms with Crippen molar-refractivity contribution in [2.75, 3.05) is 40.3 Å². The minimum Gasteiger partial charge on any atom is -0.315 e. The number of hydrogen-bond donors (Lipinski definition) is 1. The zero-order valence-corrected chi connectivity index (χ0v) is 12.4. The second kappa shape index (κ2) is 5.66. The van der Waals surface area contributed by atoms with Gasteiger partial charge in [0.05, 0.1) is 4.90 Å². The molecular formula is C11H19N3O2S2. The van der Waals surface area contributed by atoms with Crippen LogP contribution in [0.2, 0.25) is 0 Å². The van der Waals surface area contributed by atoms with E-state index in [2.05, 4.69) is 10.2 Å². The van der Waals surface area contributed by atoms with Crippen molar-refractivity contribution in [3.8, 4) is 0 Å². The summed E-state index contributed by atoms with van der Waals surface area (Å²) in [5, 5.41) is 4.77. The molecule has 5 nitrogen and oxygen atoms in total. The monoisotopic (exact) mass is 289 g/mol. The molecule has 1 saturated heterocycles. The fraction of sp³-hybridized carbons (Fsp3) is 0.636. The summed E-state index contributed by atoms with van der Waals surface area (Å²) in [7, 11) is 0.575. The molecule has 18 heavy (non-hydrogen) atoms. The first kappa shape index (κ1) is 14.0. The van der Waals surface area contributed by atoms with Crippen LogP contribution in [0.15, 0.2) is 16.3 Å². The highest BCUT2D eigenvalue weighted by Gasteiger charge is 2.28. The lowest BCUT2D eigenvalue weighted by atomic mass is 10.4. The molecule has 1 fully saturated rings. The van der Waals surface area contributed by atoms with E-state index in [1.807, 2.05) is 14.1 Å². The van der Waals surface area contributed by atoms with Gasteiger partial charge in [-0.1, -0.05) is 0 Å². The first-order valence-corrected chi connectivity index (χ1v) is 8.26. The Morgan fingerprint density at radius 1 is 1.33 bits per heavy atom. The highest BCUT2D eigenvalue weighted by atomic mass is 32.2. The lowest BCUT2D eigenvalue weighted by molar-refractivity contribution is 0.222. The normalized spacial score (nSPS) is 19.2. The number of nitrogens with zero attached hydrogens (tertiary/aromatic N) is 2. The molecule has 2 rings (SSSR count). The largest absolute Gasteiger partial charge is 0.315 e. The van der Waals surface area contributed by atoms with Crippen LogP contribution in [0.4, 0.5) is 0 Å². The van der Waals surface area contributed by atoms with Gasteiger partial charge in [-0.2, -0.15) is 4.31 Å². The summed E-state index contributed by atoms with van der Waals surface area (Å²) in [6, 6.07) is 1.77. The SMILES string of the molecule is CNCc1cc(S(=O)(=O)N2CCN(C)CC2)cs1. The molecule has 1 aliphatic rings. The molecule has 1 aromatic rings. The third-order valence-corrected chi connectivity index (χ3v) is 6.04. The summed E-state index contributed by atoms with van der Waals surface area (Å²) in [5.41, 5.74) is 0. The molecule has 1 aliphatic heterocycles. The van der Waals surface area contributed by atoms with Gasteiger partial charge in [0.25, 0.3) is 0 Å². The Morgan fingerprint density at radius 3 is 2.61 bits per heavy atom. The molecule has 0 amide bonds. The van der Waals surface area contributed by atoms with Crippen molar-refractivity contribution in [2.24, 2.45) is 0 Å². The summed E-state index contributed by atoms with van der Waals surface area (Å²) in [6.07, 6.45) is 0.